The lowest BCUT2D eigenvalue weighted by molar-refractivity contribution is 0.181. The summed E-state index contributed by atoms with van der Waals surface area (Å²) in [7, 11) is 1.67. The van der Waals surface area contributed by atoms with Gasteiger partial charge in [-0.2, -0.15) is 0 Å². The van der Waals surface area contributed by atoms with Crippen LogP contribution in [0.15, 0.2) is 27.2 Å². The van der Waals surface area contributed by atoms with Crippen molar-refractivity contribution in [2.24, 2.45) is 7.05 Å². The van der Waals surface area contributed by atoms with E-state index in [1.54, 1.807) is 20.0 Å². The lowest BCUT2D eigenvalue weighted by Crippen LogP contribution is -2.07. The van der Waals surface area contributed by atoms with Crippen LogP contribution in [0.1, 0.15) is 23.1 Å². The van der Waals surface area contributed by atoms with E-state index < -0.39 is 6.10 Å². The Morgan fingerprint density at radius 2 is 2.20 bits per heavy atom. The molecule has 0 aliphatic rings. The molecule has 0 fully saturated rings. The summed E-state index contributed by atoms with van der Waals surface area (Å²) in [6.07, 6.45) is -1.03. The molecule has 2 heterocycles. The van der Waals surface area contributed by atoms with Crippen LogP contribution in [-0.4, -0.2) is 20.1 Å². The van der Waals surface area contributed by atoms with Crippen LogP contribution >= 0.6 is 15.9 Å². The summed E-state index contributed by atoms with van der Waals surface area (Å²) in [5.41, 5.74) is 1.71. The molecule has 3 rings (SSSR count). The largest absolute Gasteiger partial charge is 0.458 e. The fraction of sp³-hybridized carbons (Fsp3) is 0.231. The van der Waals surface area contributed by atoms with Crippen molar-refractivity contribution in [3.05, 3.63) is 45.6 Å². The molecule has 0 saturated heterocycles. The van der Waals surface area contributed by atoms with Crippen molar-refractivity contribution in [3.63, 3.8) is 0 Å². The maximum absolute atomic E-state index is 13.3. The zero-order chi connectivity index (χ0) is 14.4. The molecule has 1 atom stereocenters. The van der Waals surface area contributed by atoms with Crippen LogP contribution in [0.4, 0.5) is 4.39 Å². The van der Waals surface area contributed by atoms with Crippen molar-refractivity contribution >= 4 is 26.9 Å². The summed E-state index contributed by atoms with van der Waals surface area (Å²) in [5.74, 6) is 0.0162. The van der Waals surface area contributed by atoms with E-state index in [9.17, 15) is 9.50 Å². The summed E-state index contributed by atoms with van der Waals surface area (Å²) < 4.78 is 20.8. The smallest absolute Gasteiger partial charge is 0.156 e. The van der Waals surface area contributed by atoms with E-state index in [1.807, 2.05) is 0 Å². The molecule has 5 nitrogen and oxygen atoms in total. The van der Waals surface area contributed by atoms with Gasteiger partial charge in [-0.1, -0.05) is 5.21 Å². The predicted octanol–water partition coefficient (Wildman–Crippen LogP) is 2.85. The minimum Gasteiger partial charge on any atom is -0.458 e. The Morgan fingerprint density at radius 3 is 2.85 bits per heavy atom. The predicted molar refractivity (Wildman–Crippen MR) is 73.7 cm³/mol. The van der Waals surface area contributed by atoms with Gasteiger partial charge in [0.1, 0.15) is 22.9 Å². The van der Waals surface area contributed by atoms with Gasteiger partial charge in [0, 0.05) is 18.0 Å². The maximum Gasteiger partial charge on any atom is 0.156 e. The molecule has 0 spiro atoms. The number of aliphatic hydroxyl groups is 1. The highest BCUT2D eigenvalue weighted by molar-refractivity contribution is 9.10. The maximum atomic E-state index is 13.3. The highest BCUT2D eigenvalue weighted by Crippen LogP contribution is 2.34. The summed E-state index contributed by atoms with van der Waals surface area (Å²) in [6, 6.07) is 4.26. The molecule has 0 radical (unpaired) electrons. The normalized spacial score (nSPS) is 13.1. The van der Waals surface area contributed by atoms with Gasteiger partial charge in [-0.25, -0.2) is 9.07 Å². The first kappa shape index (κ1) is 13.3. The average molecular weight is 340 g/mol. The molecule has 7 heteroatoms. The Hall–Kier alpha value is -1.73. The van der Waals surface area contributed by atoms with Gasteiger partial charge in [0.25, 0.3) is 0 Å². The van der Waals surface area contributed by atoms with Crippen molar-refractivity contribution in [1.82, 2.24) is 15.0 Å². The van der Waals surface area contributed by atoms with E-state index in [1.165, 1.54) is 16.8 Å². The van der Waals surface area contributed by atoms with Crippen LogP contribution in [0.5, 0.6) is 0 Å². The third kappa shape index (κ3) is 1.94. The number of hydrogen-bond donors (Lipinski definition) is 1. The third-order valence-electron chi connectivity index (χ3n) is 3.27. The van der Waals surface area contributed by atoms with Crippen LogP contribution in [-0.2, 0) is 7.05 Å². The summed E-state index contributed by atoms with van der Waals surface area (Å²) >= 11 is 3.24. The number of hydrogen-bond acceptors (Lipinski definition) is 4. The van der Waals surface area contributed by atoms with Crippen LogP contribution in [0.2, 0.25) is 0 Å². The van der Waals surface area contributed by atoms with Crippen molar-refractivity contribution < 1.29 is 13.9 Å². The summed E-state index contributed by atoms with van der Waals surface area (Å²) in [5, 5.41) is 18.8. The standard InChI is InChI=1S/C13H11BrFN3O2/c1-6-8-5-7(15)3-4-9(8)20-12(6)11(19)10-13(14)16-17-18(10)2/h3-5,11,19H,1-2H3. The molecule has 0 aliphatic heterocycles. The topological polar surface area (TPSA) is 64.1 Å². The van der Waals surface area contributed by atoms with Crippen LogP contribution in [0, 0.1) is 12.7 Å². The van der Waals surface area contributed by atoms with E-state index in [2.05, 4.69) is 26.2 Å². The van der Waals surface area contributed by atoms with Crippen LogP contribution < -0.4 is 0 Å². The average Bonchev–Trinajstić information content (AvgIpc) is 2.91. The Labute approximate surface area is 122 Å². The number of nitrogens with zero attached hydrogens (tertiary/aromatic N) is 3. The van der Waals surface area contributed by atoms with Gasteiger partial charge in [0.15, 0.2) is 10.7 Å². The fourth-order valence-corrected chi connectivity index (χ4v) is 2.77. The molecule has 0 amide bonds. The molecule has 0 bridgehead atoms. The van der Waals surface area contributed by atoms with E-state index >= 15 is 0 Å². The summed E-state index contributed by atoms with van der Waals surface area (Å²) in [4.78, 5) is 0. The number of furan rings is 1. The van der Waals surface area contributed by atoms with Gasteiger partial charge in [0.2, 0.25) is 0 Å². The molecule has 2 aromatic heterocycles. The molecule has 3 aromatic rings. The van der Waals surface area contributed by atoms with Crippen LogP contribution in [0.25, 0.3) is 11.0 Å². The second-order valence-corrected chi connectivity index (χ2v) is 5.27. The van der Waals surface area contributed by atoms with E-state index in [0.29, 0.717) is 32.6 Å². The molecule has 1 unspecified atom stereocenters. The second kappa shape index (κ2) is 4.68. The van der Waals surface area contributed by atoms with E-state index in [-0.39, 0.29) is 5.82 Å². The lowest BCUT2D eigenvalue weighted by Gasteiger charge is -2.09. The van der Waals surface area contributed by atoms with Gasteiger partial charge in [0.05, 0.1) is 0 Å². The second-order valence-electron chi connectivity index (χ2n) is 4.52. The zero-order valence-electron chi connectivity index (χ0n) is 10.8. The first-order valence-corrected chi connectivity index (χ1v) is 6.70. The molecule has 1 N–H and O–H groups in total. The highest BCUT2D eigenvalue weighted by atomic mass is 79.9. The Morgan fingerprint density at radius 1 is 1.45 bits per heavy atom. The number of aromatic nitrogens is 3. The number of halogens is 2. The molecular formula is C13H11BrFN3O2. The highest BCUT2D eigenvalue weighted by Gasteiger charge is 2.25. The Balaban J connectivity index is 2.17. The van der Waals surface area contributed by atoms with Gasteiger partial charge in [-0.3, -0.25) is 0 Å². The first-order chi connectivity index (χ1) is 9.49. The van der Waals surface area contributed by atoms with Crippen molar-refractivity contribution in [1.29, 1.82) is 0 Å². The number of benzene rings is 1. The number of fused-ring (bicyclic) bond motifs is 1. The van der Waals surface area contributed by atoms with E-state index in [0.717, 1.165) is 0 Å². The van der Waals surface area contributed by atoms with E-state index in [4.69, 9.17) is 4.42 Å². The lowest BCUT2D eigenvalue weighted by atomic mass is 10.1. The first-order valence-electron chi connectivity index (χ1n) is 5.90. The van der Waals surface area contributed by atoms with Gasteiger partial charge >= 0.3 is 0 Å². The number of aryl methyl sites for hydroxylation is 2. The van der Waals surface area contributed by atoms with Gasteiger partial charge < -0.3 is 9.52 Å². The van der Waals surface area contributed by atoms with Crippen LogP contribution in [0.3, 0.4) is 0 Å². The SMILES string of the molecule is Cc1c(C(O)c2c(Br)nnn2C)oc2ccc(F)cc12. The third-order valence-corrected chi connectivity index (χ3v) is 3.83. The van der Waals surface area contributed by atoms with Crippen molar-refractivity contribution in [2.75, 3.05) is 0 Å². The molecule has 20 heavy (non-hydrogen) atoms. The molecule has 1 aromatic carbocycles. The minimum atomic E-state index is -1.03. The number of rotatable bonds is 2. The molecule has 104 valence electrons. The Bertz CT molecular complexity index is 777. The summed E-state index contributed by atoms with van der Waals surface area (Å²) in [6.45, 7) is 1.78. The van der Waals surface area contributed by atoms with Gasteiger partial charge in [-0.15, -0.1) is 5.10 Å². The van der Waals surface area contributed by atoms with Gasteiger partial charge in [-0.05, 0) is 41.1 Å². The fourth-order valence-electron chi connectivity index (χ4n) is 2.23. The molecular weight excluding hydrogens is 329 g/mol. The Kier molecular flexibility index (Phi) is 3.10. The monoisotopic (exact) mass is 339 g/mol. The molecule has 0 saturated carbocycles. The van der Waals surface area contributed by atoms with Crippen molar-refractivity contribution in [3.8, 4) is 0 Å². The van der Waals surface area contributed by atoms with Crippen molar-refractivity contribution in [2.45, 2.75) is 13.0 Å². The minimum absolute atomic E-state index is 0.342. The zero-order valence-corrected chi connectivity index (χ0v) is 12.3. The number of aliphatic hydroxyl groups excluding tert-OH is 1. The molecule has 0 aliphatic carbocycles. The quantitative estimate of drug-likeness (QED) is 0.779.